The Morgan fingerprint density at radius 3 is 2.57 bits per heavy atom. The zero-order valence-corrected chi connectivity index (χ0v) is 6.55. The van der Waals surface area contributed by atoms with E-state index in [2.05, 4.69) is 9.97 Å². The summed E-state index contributed by atoms with van der Waals surface area (Å²) in [7, 11) is 0. The molecular formula is C4H5N2Na. The van der Waals surface area contributed by atoms with Crippen LogP contribution >= 0.6 is 0 Å². The van der Waals surface area contributed by atoms with E-state index in [9.17, 15) is 0 Å². The number of nitrogens with zero attached hydrogens (tertiary/aromatic N) is 2. The molecule has 0 fully saturated rings. The minimum atomic E-state index is 0. The molecule has 0 atom stereocenters. The van der Waals surface area contributed by atoms with Crippen LogP contribution in [0, 0.1) is 6.92 Å². The van der Waals surface area contributed by atoms with Gasteiger partial charge in [0.05, 0.1) is 0 Å². The second-order valence-electron chi connectivity index (χ2n) is 1.10. The Balaban J connectivity index is 0.000000360. The second-order valence-corrected chi connectivity index (χ2v) is 1.10. The first kappa shape index (κ1) is 7.21. The Kier molecular flexibility index (Phi) is 3.34. The van der Waals surface area contributed by atoms with Crippen molar-refractivity contribution in [2.45, 2.75) is 6.92 Å². The summed E-state index contributed by atoms with van der Waals surface area (Å²) in [4.78, 5) is 7.61. The average Bonchev–Trinajstić information content (AvgIpc) is 1.86. The van der Waals surface area contributed by atoms with Crippen molar-refractivity contribution in [1.29, 1.82) is 0 Å². The molecule has 1 heterocycles. The van der Waals surface area contributed by atoms with E-state index in [-0.39, 0.29) is 29.6 Å². The molecule has 0 aliphatic rings. The molecule has 0 unspecified atom stereocenters. The maximum atomic E-state index is 3.81. The Hall–Kier alpha value is 0.210. The first-order valence-corrected chi connectivity index (χ1v) is 1.80. The summed E-state index contributed by atoms with van der Waals surface area (Å²) >= 11 is 0. The van der Waals surface area contributed by atoms with Gasteiger partial charge in [0.1, 0.15) is 0 Å². The van der Waals surface area contributed by atoms with Crippen molar-refractivity contribution in [3.63, 3.8) is 0 Å². The van der Waals surface area contributed by atoms with Crippen LogP contribution in [-0.2, 0) is 0 Å². The van der Waals surface area contributed by atoms with Crippen LogP contribution in [0.2, 0.25) is 0 Å². The molecule has 0 saturated heterocycles. The minimum absolute atomic E-state index is 0. The average molecular weight is 104 g/mol. The van der Waals surface area contributed by atoms with Gasteiger partial charge in [0, 0.05) is 0 Å². The Bertz CT molecular complexity index is 113. The molecule has 0 bridgehead atoms. The Morgan fingerprint density at radius 2 is 2.43 bits per heavy atom. The van der Waals surface area contributed by atoms with E-state index in [0.29, 0.717) is 0 Å². The number of imidazole rings is 1. The van der Waals surface area contributed by atoms with Gasteiger partial charge in [-0.1, -0.05) is 18.2 Å². The van der Waals surface area contributed by atoms with Gasteiger partial charge in [-0.15, -0.1) is 0 Å². The van der Waals surface area contributed by atoms with Crippen LogP contribution in [0.1, 0.15) is 5.82 Å². The number of hydrogen-bond donors (Lipinski definition) is 0. The molecule has 0 saturated carbocycles. The summed E-state index contributed by atoms with van der Waals surface area (Å²) < 4.78 is 0. The molecule has 2 nitrogen and oxygen atoms in total. The number of hydrogen-bond acceptors (Lipinski definition) is 1. The summed E-state index contributed by atoms with van der Waals surface area (Å²) in [6.07, 6.45) is 3.35. The van der Waals surface area contributed by atoms with E-state index >= 15 is 0 Å². The third kappa shape index (κ3) is 2.12. The topological polar surface area (TPSA) is 27.0 Å². The molecule has 3 heteroatoms. The van der Waals surface area contributed by atoms with Gasteiger partial charge in [0.25, 0.3) is 0 Å². The van der Waals surface area contributed by atoms with Crippen LogP contribution in [0.4, 0.5) is 0 Å². The molecule has 32 valence electrons. The molecule has 0 aromatic carbocycles. The molecule has 1 aromatic rings. The van der Waals surface area contributed by atoms with Crippen molar-refractivity contribution in [3.05, 3.63) is 18.2 Å². The number of aromatic nitrogens is 2. The van der Waals surface area contributed by atoms with Gasteiger partial charge >= 0.3 is 29.6 Å². The fourth-order valence-corrected chi connectivity index (χ4v) is 0.316. The van der Waals surface area contributed by atoms with Crippen LogP contribution < -0.4 is 34.5 Å². The molecular weight excluding hydrogens is 99.0 g/mol. The number of aryl methyl sites for hydroxylation is 1. The second kappa shape index (κ2) is 3.24. The van der Waals surface area contributed by atoms with Crippen LogP contribution in [-0.4, -0.2) is 4.98 Å². The molecule has 1 rings (SSSR count). The molecule has 0 aliphatic carbocycles. The molecule has 0 amide bonds. The monoisotopic (exact) mass is 104 g/mol. The summed E-state index contributed by atoms with van der Waals surface area (Å²) in [5, 5.41) is 0. The third-order valence-electron chi connectivity index (χ3n) is 0.589. The van der Waals surface area contributed by atoms with Crippen LogP contribution in [0.3, 0.4) is 0 Å². The Labute approximate surface area is 64.6 Å². The predicted molar refractivity (Wildman–Crippen MR) is 22.3 cm³/mol. The summed E-state index contributed by atoms with van der Waals surface area (Å²) in [6.45, 7) is 1.86. The van der Waals surface area contributed by atoms with E-state index in [1.54, 1.807) is 12.4 Å². The molecule has 1 aromatic heterocycles. The normalized spacial score (nSPS) is 7.57. The van der Waals surface area contributed by atoms with Gasteiger partial charge in [0.15, 0.2) is 0 Å². The van der Waals surface area contributed by atoms with Crippen molar-refractivity contribution in [3.8, 4) is 0 Å². The fraction of sp³-hybridized carbons (Fsp3) is 0.250. The van der Waals surface area contributed by atoms with Crippen molar-refractivity contribution >= 4 is 0 Å². The maximum Gasteiger partial charge on any atom is 1.00 e. The molecule has 7 heavy (non-hydrogen) atoms. The van der Waals surface area contributed by atoms with Crippen molar-refractivity contribution in [2.24, 2.45) is 0 Å². The standard InChI is InChI=1S/C4H5N2.Na/c1-4-5-2-3-6-4;/h2-3H,1H3;/q-1;+1. The van der Waals surface area contributed by atoms with Crippen molar-refractivity contribution < 1.29 is 29.6 Å². The first-order chi connectivity index (χ1) is 2.89. The van der Waals surface area contributed by atoms with Gasteiger partial charge in [-0.05, 0) is 6.92 Å². The largest absolute Gasteiger partial charge is 1.00 e. The molecule has 0 aliphatic heterocycles. The fourth-order valence-electron chi connectivity index (χ4n) is 0.316. The summed E-state index contributed by atoms with van der Waals surface area (Å²) in [6, 6.07) is 0. The van der Waals surface area contributed by atoms with E-state index < -0.39 is 0 Å². The van der Waals surface area contributed by atoms with Gasteiger partial charge < -0.3 is 9.97 Å². The van der Waals surface area contributed by atoms with E-state index in [4.69, 9.17) is 0 Å². The van der Waals surface area contributed by atoms with Gasteiger partial charge in [-0.25, -0.2) is 0 Å². The zero-order chi connectivity index (χ0) is 4.41. The zero-order valence-electron chi connectivity index (χ0n) is 4.55. The van der Waals surface area contributed by atoms with Crippen LogP contribution in [0.15, 0.2) is 12.4 Å². The number of rotatable bonds is 0. The smallest absolute Gasteiger partial charge is 0.447 e. The SMILES string of the molecule is Cc1ncc[n-]1.[Na+]. The van der Waals surface area contributed by atoms with Crippen LogP contribution in [0.25, 0.3) is 0 Å². The van der Waals surface area contributed by atoms with E-state index in [1.165, 1.54) is 0 Å². The Morgan fingerprint density at radius 1 is 1.71 bits per heavy atom. The van der Waals surface area contributed by atoms with Crippen molar-refractivity contribution in [2.75, 3.05) is 0 Å². The quantitative estimate of drug-likeness (QED) is 0.336. The molecule has 0 N–H and O–H groups in total. The predicted octanol–water partition coefficient (Wildman–Crippen LogP) is -2.65. The third-order valence-corrected chi connectivity index (χ3v) is 0.589. The maximum absolute atomic E-state index is 3.81. The molecule has 0 radical (unpaired) electrons. The van der Waals surface area contributed by atoms with Crippen LogP contribution in [0.5, 0.6) is 0 Å². The first-order valence-electron chi connectivity index (χ1n) is 1.80. The van der Waals surface area contributed by atoms with E-state index in [1.807, 2.05) is 6.92 Å². The summed E-state index contributed by atoms with van der Waals surface area (Å²) in [5.41, 5.74) is 0. The van der Waals surface area contributed by atoms with Gasteiger partial charge in [-0.3, -0.25) is 0 Å². The van der Waals surface area contributed by atoms with Crippen molar-refractivity contribution in [1.82, 2.24) is 9.97 Å². The summed E-state index contributed by atoms with van der Waals surface area (Å²) in [5.74, 6) is 0.843. The van der Waals surface area contributed by atoms with E-state index in [0.717, 1.165) is 5.82 Å². The minimum Gasteiger partial charge on any atom is -0.447 e. The van der Waals surface area contributed by atoms with Gasteiger partial charge in [0.2, 0.25) is 0 Å². The molecule has 0 spiro atoms. The van der Waals surface area contributed by atoms with Gasteiger partial charge in [-0.2, -0.15) is 0 Å².